The first-order valence-corrected chi connectivity index (χ1v) is 11.3. The molecule has 1 aromatic rings. The van der Waals surface area contributed by atoms with Crippen LogP contribution in [-0.2, 0) is 21.2 Å². The van der Waals surface area contributed by atoms with Gasteiger partial charge in [-0.2, -0.15) is 0 Å². The van der Waals surface area contributed by atoms with E-state index in [1.807, 2.05) is 0 Å². The number of ether oxygens (including phenoxy) is 1. The van der Waals surface area contributed by atoms with Crippen LogP contribution >= 0.6 is 0 Å². The molecule has 0 unspecified atom stereocenters. The summed E-state index contributed by atoms with van der Waals surface area (Å²) in [5, 5.41) is 0. The maximum atomic E-state index is 14.0. The van der Waals surface area contributed by atoms with Crippen LogP contribution in [0.4, 0.5) is 4.39 Å². The van der Waals surface area contributed by atoms with E-state index in [9.17, 15) is 9.18 Å². The van der Waals surface area contributed by atoms with Crippen molar-refractivity contribution < 1.29 is 23.7 Å². The molecule has 3 aliphatic rings. The average Bonchev–Trinajstić information content (AvgIpc) is 3.47. The van der Waals surface area contributed by atoms with E-state index in [1.54, 1.807) is 12.1 Å². The molecule has 6 heteroatoms. The second kappa shape index (κ2) is 8.83. The van der Waals surface area contributed by atoms with Gasteiger partial charge < -0.3 is 9.64 Å². The Morgan fingerprint density at radius 2 is 1.93 bits per heavy atom. The van der Waals surface area contributed by atoms with E-state index >= 15 is 0 Å². The SMILES string of the molecule is COOCc1ccc(OCCCC2CC3(CCN(C(=O)C4(C)CC4)CC3)C2)cc1F. The molecule has 0 atom stereocenters. The van der Waals surface area contributed by atoms with Gasteiger partial charge in [0, 0.05) is 30.1 Å². The van der Waals surface area contributed by atoms with Crippen molar-refractivity contribution in [2.24, 2.45) is 16.7 Å². The summed E-state index contributed by atoms with van der Waals surface area (Å²) in [5.74, 6) is 1.37. The van der Waals surface area contributed by atoms with Gasteiger partial charge >= 0.3 is 0 Å². The molecule has 166 valence electrons. The monoisotopic (exact) mass is 419 g/mol. The lowest BCUT2D eigenvalue weighted by molar-refractivity contribution is -0.282. The molecule has 2 aliphatic carbocycles. The van der Waals surface area contributed by atoms with Gasteiger partial charge in [0.1, 0.15) is 18.2 Å². The number of likely N-dealkylation sites (tertiary alicyclic amines) is 1. The number of carbonyl (C=O) groups is 1. The third kappa shape index (κ3) is 4.80. The Morgan fingerprint density at radius 3 is 2.57 bits per heavy atom. The highest BCUT2D eigenvalue weighted by atomic mass is 19.1. The summed E-state index contributed by atoms with van der Waals surface area (Å²) in [4.78, 5) is 23.9. The molecule has 0 bridgehead atoms. The number of hydrogen-bond acceptors (Lipinski definition) is 4. The smallest absolute Gasteiger partial charge is 0.228 e. The van der Waals surface area contributed by atoms with E-state index < -0.39 is 0 Å². The quantitative estimate of drug-likeness (QED) is 0.325. The number of piperidine rings is 1. The van der Waals surface area contributed by atoms with E-state index in [0.29, 0.717) is 29.2 Å². The third-order valence-electron chi connectivity index (χ3n) is 7.45. The highest BCUT2D eigenvalue weighted by Crippen LogP contribution is 2.55. The predicted octanol–water partition coefficient (Wildman–Crippen LogP) is 4.88. The maximum absolute atomic E-state index is 14.0. The lowest BCUT2D eigenvalue weighted by atomic mass is 9.56. The van der Waals surface area contributed by atoms with Crippen LogP contribution in [0.15, 0.2) is 18.2 Å². The molecule has 1 heterocycles. The zero-order chi connectivity index (χ0) is 21.2. The van der Waals surface area contributed by atoms with Gasteiger partial charge in [0.05, 0.1) is 13.7 Å². The molecule has 1 saturated heterocycles. The molecule has 0 aromatic heterocycles. The first kappa shape index (κ1) is 21.6. The molecule has 0 radical (unpaired) electrons. The van der Waals surface area contributed by atoms with E-state index in [2.05, 4.69) is 16.7 Å². The van der Waals surface area contributed by atoms with Crippen LogP contribution < -0.4 is 4.74 Å². The van der Waals surface area contributed by atoms with Crippen molar-refractivity contribution in [1.29, 1.82) is 0 Å². The summed E-state index contributed by atoms with van der Waals surface area (Å²) < 4.78 is 19.7. The van der Waals surface area contributed by atoms with Crippen molar-refractivity contribution in [3.05, 3.63) is 29.6 Å². The van der Waals surface area contributed by atoms with Gasteiger partial charge in [0.25, 0.3) is 0 Å². The van der Waals surface area contributed by atoms with Gasteiger partial charge in [-0.15, -0.1) is 0 Å². The molecule has 0 N–H and O–H groups in total. The van der Waals surface area contributed by atoms with Crippen LogP contribution in [0.3, 0.4) is 0 Å². The molecular weight excluding hydrogens is 385 g/mol. The Balaban J connectivity index is 1.11. The molecule has 1 aromatic carbocycles. The fourth-order valence-corrected chi connectivity index (χ4v) is 5.16. The largest absolute Gasteiger partial charge is 0.493 e. The van der Waals surface area contributed by atoms with Gasteiger partial charge in [0.2, 0.25) is 5.91 Å². The Kier molecular flexibility index (Phi) is 6.35. The minimum atomic E-state index is -0.342. The van der Waals surface area contributed by atoms with Gasteiger partial charge in [-0.05, 0) is 74.8 Å². The number of hydrogen-bond donors (Lipinski definition) is 0. The molecule has 3 fully saturated rings. The Bertz CT molecular complexity index is 748. The van der Waals surface area contributed by atoms with Crippen molar-refractivity contribution in [2.75, 3.05) is 26.8 Å². The fraction of sp³-hybridized carbons (Fsp3) is 0.708. The Morgan fingerprint density at radius 1 is 1.20 bits per heavy atom. The van der Waals surface area contributed by atoms with Crippen LogP contribution in [0.5, 0.6) is 5.75 Å². The van der Waals surface area contributed by atoms with E-state index in [4.69, 9.17) is 9.62 Å². The first-order chi connectivity index (χ1) is 14.4. The minimum Gasteiger partial charge on any atom is -0.493 e. The molecule has 1 amide bonds. The predicted molar refractivity (Wildman–Crippen MR) is 111 cm³/mol. The highest BCUT2D eigenvalue weighted by Gasteiger charge is 2.50. The number of nitrogens with zero attached hydrogens (tertiary/aromatic N) is 1. The zero-order valence-electron chi connectivity index (χ0n) is 18.3. The Labute approximate surface area is 178 Å². The van der Waals surface area contributed by atoms with Crippen molar-refractivity contribution in [3.8, 4) is 5.75 Å². The molecule has 1 aliphatic heterocycles. The van der Waals surface area contributed by atoms with Crippen molar-refractivity contribution in [2.45, 2.75) is 64.9 Å². The standard InChI is InChI=1S/C24H34FNO4/c1-23(7-8-23)22(27)26-11-9-24(10-12-26)15-18(16-24)4-3-13-29-20-6-5-19(17-30-28-2)21(25)14-20/h5-6,14,18H,3-4,7-13,15-17H2,1-2H3. The number of halogens is 1. The highest BCUT2D eigenvalue weighted by molar-refractivity contribution is 5.85. The summed E-state index contributed by atoms with van der Waals surface area (Å²) >= 11 is 0. The van der Waals surface area contributed by atoms with Crippen LogP contribution in [0.2, 0.25) is 0 Å². The zero-order valence-corrected chi connectivity index (χ0v) is 18.3. The second-order valence-electron chi connectivity index (χ2n) is 9.80. The summed E-state index contributed by atoms with van der Waals surface area (Å²) in [6, 6.07) is 4.84. The average molecular weight is 420 g/mol. The van der Waals surface area contributed by atoms with Crippen molar-refractivity contribution >= 4 is 5.91 Å². The van der Waals surface area contributed by atoms with Gasteiger partial charge in [0.15, 0.2) is 0 Å². The molecule has 30 heavy (non-hydrogen) atoms. The van der Waals surface area contributed by atoms with Gasteiger partial charge in [-0.1, -0.05) is 6.92 Å². The number of benzene rings is 1. The summed E-state index contributed by atoms with van der Waals surface area (Å²) in [6.45, 7) is 4.69. The van der Waals surface area contributed by atoms with E-state index in [-0.39, 0.29) is 17.8 Å². The summed E-state index contributed by atoms with van der Waals surface area (Å²) in [5.41, 5.74) is 0.895. The van der Waals surface area contributed by atoms with Crippen molar-refractivity contribution in [3.63, 3.8) is 0 Å². The van der Waals surface area contributed by atoms with Crippen molar-refractivity contribution in [1.82, 2.24) is 4.90 Å². The number of carbonyl (C=O) groups excluding carboxylic acids is 1. The first-order valence-electron chi connectivity index (χ1n) is 11.3. The van der Waals surface area contributed by atoms with Gasteiger partial charge in [-0.3, -0.25) is 4.79 Å². The third-order valence-corrected chi connectivity index (χ3v) is 7.45. The molecular formula is C24H34FNO4. The molecule has 1 spiro atoms. The van der Waals surface area contributed by atoms with Crippen LogP contribution in [0.25, 0.3) is 0 Å². The molecule has 2 saturated carbocycles. The Hall–Kier alpha value is -1.66. The normalized spacial score (nSPS) is 22.0. The van der Waals surface area contributed by atoms with Crippen LogP contribution in [-0.4, -0.2) is 37.6 Å². The topological polar surface area (TPSA) is 48.0 Å². The van der Waals surface area contributed by atoms with Crippen LogP contribution in [0.1, 0.15) is 63.9 Å². The molecule has 4 rings (SSSR count). The fourth-order valence-electron chi connectivity index (χ4n) is 5.16. The van der Waals surface area contributed by atoms with E-state index in [0.717, 1.165) is 44.7 Å². The number of rotatable bonds is 9. The summed E-state index contributed by atoms with van der Waals surface area (Å²) in [7, 11) is 1.40. The molecule has 5 nitrogen and oxygen atoms in total. The lowest BCUT2D eigenvalue weighted by Crippen LogP contribution is -2.50. The van der Waals surface area contributed by atoms with Crippen LogP contribution in [0, 0.1) is 22.6 Å². The summed E-state index contributed by atoms with van der Waals surface area (Å²) in [6.07, 6.45) is 9.18. The maximum Gasteiger partial charge on any atom is 0.228 e. The minimum absolute atomic E-state index is 0.0341. The van der Waals surface area contributed by atoms with E-state index in [1.165, 1.54) is 38.9 Å². The lowest BCUT2D eigenvalue weighted by Gasteiger charge is -2.52. The van der Waals surface area contributed by atoms with Gasteiger partial charge in [-0.25, -0.2) is 14.2 Å². The second-order valence-corrected chi connectivity index (χ2v) is 9.80. The number of amides is 1.